The topological polar surface area (TPSA) is 58.5 Å². The Hall–Kier alpha value is -2.92. The molecule has 0 unspecified atom stereocenters. The maximum atomic E-state index is 12.4. The Morgan fingerprint density at radius 2 is 1.40 bits per heavy atom. The van der Waals surface area contributed by atoms with Gasteiger partial charge in [-0.15, -0.1) is 0 Å². The van der Waals surface area contributed by atoms with Gasteiger partial charge in [0.25, 0.3) is 10.0 Å². The molecule has 1 fully saturated rings. The lowest BCUT2D eigenvalue weighted by Gasteiger charge is -2.23. The first kappa shape index (κ1) is 20.4. The second-order valence-electron chi connectivity index (χ2n) is 7.85. The average Bonchev–Trinajstić information content (AvgIpc) is 2.79. The fraction of sp³-hybridized carbons (Fsp3) is 0.240. The second kappa shape index (κ2) is 8.84. The molecule has 4 rings (SSSR count). The van der Waals surface area contributed by atoms with E-state index in [9.17, 15) is 8.42 Å². The van der Waals surface area contributed by atoms with E-state index >= 15 is 0 Å². The lowest BCUT2D eigenvalue weighted by Crippen LogP contribution is -2.22. The number of hydrazone groups is 1. The van der Waals surface area contributed by atoms with Crippen molar-refractivity contribution in [3.05, 3.63) is 90.0 Å². The Morgan fingerprint density at radius 3 is 2.03 bits per heavy atom. The summed E-state index contributed by atoms with van der Waals surface area (Å²) in [5, 5.41) is 4.21. The monoisotopic (exact) mass is 418 g/mol. The van der Waals surface area contributed by atoms with Crippen molar-refractivity contribution in [2.24, 2.45) is 5.10 Å². The number of hydrogen-bond donors (Lipinski definition) is 1. The third-order valence-electron chi connectivity index (χ3n) is 5.71. The zero-order valence-electron chi connectivity index (χ0n) is 17.1. The van der Waals surface area contributed by atoms with Crippen LogP contribution in [0, 0.1) is 6.92 Å². The normalized spacial score (nSPS) is 16.8. The molecule has 0 radical (unpaired) electrons. The number of nitrogens with zero attached hydrogens (tertiary/aromatic N) is 1. The third kappa shape index (κ3) is 4.79. The molecule has 1 saturated carbocycles. The maximum absolute atomic E-state index is 12.4. The van der Waals surface area contributed by atoms with E-state index in [-0.39, 0.29) is 4.90 Å². The van der Waals surface area contributed by atoms with Crippen LogP contribution >= 0.6 is 0 Å². The second-order valence-corrected chi connectivity index (χ2v) is 9.51. The molecule has 0 bridgehead atoms. The first-order valence-electron chi connectivity index (χ1n) is 10.3. The van der Waals surface area contributed by atoms with E-state index < -0.39 is 10.0 Å². The Balaban J connectivity index is 1.36. The van der Waals surface area contributed by atoms with Crippen molar-refractivity contribution in [3.63, 3.8) is 0 Å². The molecule has 3 aromatic rings. The highest BCUT2D eigenvalue weighted by Gasteiger charge is 2.20. The molecule has 0 amide bonds. The summed E-state index contributed by atoms with van der Waals surface area (Å²) >= 11 is 0. The molecular weight excluding hydrogens is 392 g/mol. The molecule has 0 atom stereocenters. The van der Waals surface area contributed by atoms with E-state index in [4.69, 9.17) is 0 Å². The predicted molar refractivity (Wildman–Crippen MR) is 122 cm³/mol. The molecule has 5 heteroatoms. The van der Waals surface area contributed by atoms with Crippen LogP contribution in [-0.4, -0.2) is 14.1 Å². The molecular formula is C25H26N2O2S. The SMILES string of the molecule is Cc1ccc(S(=O)(=O)NN=C2CCC(c3ccc(-c4ccccc4)cc3)CC2)cc1. The number of sulfonamides is 1. The molecule has 4 nitrogen and oxygen atoms in total. The highest BCUT2D eigenvalue weighted by atomic mass is 32.2. The van der Waals surface area contributed by atoms with Crippen molar-refractivity contribution in [1.29, 1.82) is 0 Å². The molecule has 3 aromatic carbocycles. The van der Waals surface area contributed by atoms with Gasteiger partial charge in [0.05, 0.1) is 4.90 Å². The number of rotatable bonds is 5. The molecule has 1 N–H and O–H groups in total. The van der Waals surface area contributed by atoms with Crippen molar-refractivity contribution >= 4 is 15.7 Å². The highest BCUT2D eigenvalue weighted by Crippen LogP contribution is 2.33. The van der Waals surface area contributed by atoms with Gasteiger partial charge in [-0.1, -0.05) is 72.3 Å². The van der Waals surface area contributed by atoms with Gasteiger partial charge in [-0.2, -0.15) is 13.5 Å². The van der Waals surface area contributed by atoms with Gasteiger partial charge < -0.3 is 0 Å². The van der Waals surface area contributed by atoms with Crippen LogP contribution in [0.1, 0.15) is 42.7 Å². The highest BCUT2D eigenvalue weighted by molar-refractivity contribution is 7.89. The van der Waals surface area contributed by atoms with Crippen molar-refractivity contribution in [1.82, 2.24) is 4.83 Å². The van der Waals surface area contributed by atoms with Crippen LogP contribution in [0.25, 0.3) is 11.1 Å². The van der Waals surface area contributed by atoms with E-state index in [1.54, 1.807) is 24.3 Å². The summed E-state index contributed by atoms with van der Waals surface area (Å²) in [4.78, 5) is 2.65. The fourth-order valence-electron chi connectivity index (χ4n) is 3.87. The zero-order valence-corrected chi connectivity index (χ0v) is 17.9. The summed E-state index contributed by atoms with van der Waals surface area (Å²) in [6, 6.07) is 26.0. The average molecular weight is 419 g/mol. The van der Waals surface area contributed by atoms with Crippen LogP contribution in [0.15, 0.2) is 88.9 Å². The van der Waals surface area contributed by atoms with Gasteiger partial charge >= 0.3 is 0 Å². The lowest BCUT2D eigenvalue weighted by molar-refractivity contribution is 0.560. The van der Waals surface area contributed by atoms with Crippen molar-refractivity contribution in [2.45, 2.75) is 43.4 Å². The Bertz CT molecular complexity index is 1110. The molecule has 0 spiro atoms. The van der Waals surface area contributed by atoms with Crippen LogP contribution in [0.5, 0.6) is 0 Å². The molecule has 0 saturated heterocycles. The third-order valence-corrected chi connectivity index (χ3v) is 6.93. The summed E-state index contributed by atoms with van der Waals surface area (Å²) in [5.41, 5.74) is 5.73. The molecule has 1 aliphatic rings. The molecule has 0 aliphatic heterocycles. The number of nitrogens with one attached hydrogen (secondary N) is 1. The Labute approximate surface area is 178 Å². The Morgan fingerprint density at radius 1 is 0.800 bits per heavy atom. The number of hydrogen-bond acceptors (Lipinski definition) is 3. The lowest BCUT2D eigenvalue weighted by atomic mass is 9.83. The van der Waals surface area contributed by atoms with Gasteiger partial charge in [0.15, 0.2) is 0 Å². The van der Waals surface area contributed by atoms with Crippen LogP contribution in [0.3, 0.4) is 0 Å². The summed E-state index contributed by atoms with van der Waals surface area (Å²) in [6.07, 6.45) is 3.58. The van der Waals surface area contributed by atoms with E-state index in [0.717, 1.165) is 37.0 Å². The molecule has 154 valence electrons. The van der Waals surface area contributed by atoms with Crippen molar-refractivity contribution in [2.75, 3.05) is 0 Å². The summed E-state index contributed by atoms with van der Waals surface area (Å²) < 4.78 is 24.8. The van der Waals surface area contributed by atoms with Crippen LogP contribution < -0.4 is 4.83 Å². The minimum absolute atomic E-state index is 0.240. The quantitative estimate of drug-likeness (QED) is 0.544. The van der Waals surface area contributed by atoms with Crippen LogP contribution in [0.4, 0.5) is 0 Å². The number of aryl methyl sites for hydroxylation is 1. The maximum Gasteiger partial charge on any atom is 0.276 e. The molecule has 30 heavy (non-hydrogen) atoms. The molecule has 0 aromatic heterocycles. The van der Waals surface area contributed by atoms with Crippen molar-refractivity contribution < 1.29 is 8.42 Å². The largest absolute Gasteiger partial charge is 0.276 e. The van der Waals surface area contributed by atoms with Crippen LogP contribution in [0.2, 0.25) is 0 Å². The van der Waals surface area contributed by atoms with E-state index in [1.807, 2.05) is 13.0 Å². The van der Waals surface area contributed by atoms with Gasteiger partial charge in [0.2, 0.25) is 0 Å². The minimum atomic E-state index is -3.61. The van der Waals surface area contributed by atoms with E-state index in [1.165, 1.54) is 16.7 Å². The standard InChI is InChI=1S/C25H26N2O2S/c1-19-7-17-25(18-8-19)30(28,29)27-26-24-15-13-23(14-16-24)22-11-9-21(10-12-22)20-5-3-2-4-6-20/h2-12,17-18,23,27H,13-16H2,1H3. The number of benzene rings is 3. The van der Waals surface area contributed by atoms with Crippen LogP contribution in [-0.2, 0) is 10.0 Å². The summed E-state index contributed by atoms with van der Waals surface area (Å²) in [5.74, 6) is 0.488. The fourth-order valence-corrected chi connectivity index (χ4v) is 4.72. The van der Waals surface area contributed by atoms with Gasteiger partial charge in [-0.25, -0.2) is 4.83 Å². The first-order chi connectivity index (χ1) is 14.5. The Kier molecular flexibility index (Phi) is 6.00. The van der Waals surface area contributed by atoms with Gasteiger partial charge in [-0.05, 0) is 67.3 Å². The van der Waals surface area contributed by atoms with E-state index in [0.29, 0.717) is 5.92 Å². The van der Waals surface area contributed by atoms with Gasteiger partial charge in [0.1, 0.15) is 0 Å². The molecule has 0 heterocycles. The first-order valence-corrected chi connectivity index (χ1v) is 11.8. The minimum Gasteiger partial charge on any atom is -0.200 e. The summed E-state index contributed by atoms with van der Waals surface area (Å²) in [7, 11) is -3.61. The van der Waals surface area contributed by atoms with Crippen molar-refractivity contribution in [3.8, 4) is 11.1 Å². The zero-order chi connectivity index (χ0) is 21.0. The predicted octanol–water partition coefficient (Wildman–Crippen LogP) is 5.65. The smallest absolute Gasteiger partial charge is 0.200 e. The van der Waals surface area contributed by atoms with Gasteiger partial charge in [0, 0.05) is 5.71 Å². The van der Waals surface area contributed by atoms with E-state index in [2.05, 4.69) is 58.5 Å². The summed E-state index contributed by atoms with van der Waals surface area (Å²) in [6.45, 7) is 1.93. The molecule has 1 aliphatic carbocycles. The van der Waals surface area contributed by atoms with Gasteiger partial charge in [-0.3, -0.25) is 0 Å².